The topological polar surface area (TPSA) is 121 Å². The standard InChI is InChI=1S/C36H25N3O5/c1-22(37-43)34(40)26-14-18-31-29(20-26)30-21-27(36(42)33(38-44)23-8-4-2-5-9-23)15-19-32(30)39(31)28-16-12-25(13-17-28)35(41)24-10-6-3-7-11-24/h2-21,43-44H,1H3/b37-22+,38-33-. The van der Waals surface area contributed by atoms with Crippen LogP contribution in [0.25, 0.3) is 27.5 Å². The molecule has 0 aliphatic heterocycles. The number of benzene rings is 5. The summed E-state index contributed by atoms with van der Waals surface area (Å²) in [5.41, 5.74) is 4.32. The lowest BCUT2D eigenvalue weighted by molar-refractivity contribution is 0.103. The maximum absolute atomic E-state index is 13.5. The number of nitrogens with zero attached hydrogens (tertiary/aromatic N) is 3. The molecule has 0 unspecified atom stereocenters. The Hall–Kier alpha value is -6.15. The first kappa shape index (κ1) is 28.0. The summed E-state index contributed by atoms with van der Waals surface area (Å²) in [5.74, 6) is -1.00. The molecular weight excluding hydrogens is 554 g/mol. The summed E-state index contributed by atoms with van der Waals surface area (Å²) in [6.07, 6.45) is 0. The lowest BCUT2D eigenvalue weighted by Gasteiger charge is -2.10. The van der Waals surface area contributed by atoms with Gasteiger partial charge < -0.3 is 15.0 Å². The summed E-state index contributed by atoms with van der Waals surface area (Å²) in [4.78, 5) is 39.4. The number of rotatable bonds is 8. The van der Waals surface area contributed by atoms with Gasteiger partial charge in [-0.3, -0.25) is 14.4 Å². The number of fused-ring (bicyclic) bond motifs is 3. The van der Waals surface area contributed by atoms with Crippen LogP contribution in [-0.2, 0) is 0 Å². The summed E-state index contributed by atoms with van der Waals surface area (Å²) < 4.78 is 1.98. The third-order valence-electron chi connectivity index (χ3n) is 7.55. The van der Waals surface area contributed by atoms with E-state index in [0.29, 0.717) is 38.6 Å². The van der Waals surface area contributed by atoms with E-state index >= 15 is 0 Å². The van der Waals surface area contributed by atoms with Gasteiger partial charge in [-0.2, -0.15) is 0 Å². The molecule has 8 heteroatoms. The minimum Gasteiger partial charge on any atom is -0.411 e. The molecule has 0 spiro atoms. The fourth-order valence-corrected chi connectivity index (χ4v) is 5.32. The van der Waals surface area contributed by atoms with Gasteiger partial charge in [0.05, 0.1) is 11.0 Å². The third-order valence-corrected chi connectivity index (χ3v) is 7.55. The van der Waals surface area contributed by atoms with Crippen LogP contribution in [0.1, 0.15) is 49.1 Å². The van der Waals surface area contributed by atoms with Crippen molar-refractivity contribution in [2.75, 3.05) is 0 Å². The zero-order valence-electron chi connectivity index (χ0n) is 23.5. The highest BCUT2D eigenvalue weighted by molar-refractivity contribution is 6.51. The van der Waals surface area contributed by atoms with Crippen LogP contribution >= 0.6 is 0 Å². The average molecular weight is 580 g/mol. The smallest absolute Gasteiger partial charge is 0.215 e. The van der Waals surface area contributed by atoms with Crippen molar-refractivity contribution in [3.63, 3.8) is 0 Å². The average Bonchev–Trinajstić information content (AvgIpc) is 3.41. The van der Waals surface area contributed by atoms with Crippen LogP contribution in [0.2, 0.25) is 0 Å². The second kappa shape index (κ2) is 11.6. The number of hydrogen-bond acceptors (Lipinski definition) is 7. The first-order chi connectivity index (χ1) is 21.4. The van der Waals surface area contributed by atoms with E-state index in [1.807, 2.05) is 34.9 Å². The molecule has 0 saturated carbocycles. The van der Waals surface area contributed by atoms with Gasteiger partial charge in [-0.05, 0) is 67.6 Å². The molecule has 0 radical (unpaired) electrons. The molecule has 0 atom stereocenters. The minimum atomic E-state index is -0.472. The number of oxime groups is 2. The quantitative estimate of drug-likeness (QED) is 0.0862. The zero-order chi connectivity index (χ0) is 30.8. The van der Waals surface area contributed by atoms with Crippen molar-refractivity contribution in [2.24, 2.45) is 10.3 Å². The summed E-state index contributed by atoms with van der Waals surface area (Å²) in [7, 11) is 0. The second-order valence-corrected chi connectivity index (χ2v) is 10.2. The summed E-state index contributed by atoms with van der Waals surface area (Å²) in [6, 6.07) is 35.3. The van der Waals surface area contributed by atoms with Gasteiger partial charge >= 0.3 is 0 Å². The molecule has 44 heavy (non-hydrogen) atoms. The largest absolute Gasteiger partial charge is 0.411 e. The maximum atomic E-state index is 13.5. The van der Waals surface area contributed by atoms with Crippen molar-refractivity contribution < 1.29 is 24.8 Å². The Morgan fingerprint density at radius 2 is 1.02 bits per heavy atom. The van der Waals surface area contributed by atoms with Crippen molar-refractivity contribution in [3.8, 4) is 5.69 Å². The van der Waals surface area contributed by atoms with Gasteiger partial charge in [-0.1, -0.05) is 71.0 Å². The lowest BCUT2D eigenvalue weighted by atomic mass is 9.98. The molecule has 214 valence electrons. The molecule has 5 aromatic carbocycles. The minimum absolute atomic E-state index is 0.0608. The van der Waals surface area contributed by atoms with E-state index in [9.17, 15) is 24.8 Å². The van der Waals surface area contributed by atoms with Gasteiger partial charge in [0.2, 0.25) is 11.6 Å². The van der Waals surface area contributed by atoms with Gasteiger partial charge in [0.25, 0.3) is 0 Å². The predicted molar refractivity (Wildman–Crippen MR) is 169 cm³/mol. The van der Waals surface area contributed by atoms with Crippen LogP contribution in [0.15, 0.2) is 132 Å². The zero-order valence-corrected chi connectivity index (χ0v) is 23.5. The number of carbonyl (C=O) groups is 3. The molecule has 0 aliphatic rings. The normalized spacial score (nSPS) is 12.0. The molecule has 8 nitrogen and oxygen atoms in total. The van der Waals surface area contributed by atoms with E-state index in [2.05, 4.69) is 10.3 Å². The highest BCUT2D eigenvalue weighted by Crippen LogP contribution is 2.34. The van der Waals surface area contributed by atoms with Crippen molar-refractivity contribution in [1.82, 2.24) is 4.57 Å². The van der Waals surface area contributed by atoms with E-state index in [-0.39, 0.29) is 17.2 Å². The van der Waals surface area contributed by atoms with Crippen LogP contribution in [-0.4, -0.2) is 43.8 Å². The SMILES string of the molecule is C/C(=N\O)C(=O)c1ccc2c(c1)c1cc(C(=O)/C(=N\O)c3ccccc3)ccc1n2-c1ccc(C(=O)c2ccccc2)cc1. The highest BCUT2D eigenvalue weighted by atomic mass is 16.4. The molecule has 2 N–H and O–H groups in total. The van der Waals surface area contributed by atoms with Gasteiger partial charge in [0, 0.05) is 44.3 Å². The third kappa shape index (κ3) is 4.94. The molecule has 6 aromatic rings. The van der Waals surface area contributed by atoms with Crippen LogP contribution in [0.4, 0.5) is 0 Å². The molecule has 0 fully saturated rings. The van der Waals surface area contributed by atoms with Crippen molar-refractivity contribution in [1.29, 1.82) is 0 Å². The van der Waals surface area contributed by atoms with Crippen molar-refractivity contribution in [3.05, 3.63) is 149 Å². The number of aromatic nitrogens is 1. The monoisotopic (exact) mass is 579 g/mol. The molecule has 6 rings (SSSR count). The lowest BCUT2D eigenvalue weighted by Crippen LogP contribution is -2.15. The van der Waals surface area contributed by atoms with E-state index in [1.54, 1.807) is 91.0 Å². The number of hydrogen-bond donors (Lipinski definition) is 2. The first-order valence-electron chi connectivity index (χ1n) is 13.7. The van der Waals surface area contributed by atoms with E-state index in [0.717, 1.165) is 16.7 Å². The van der Waals surface area contributed by atoms with Crippen LogP contribution < -0.4 is 0 Å². The Morgan fingerprint density at radius 1 is 0.545 bits per heavy atom. The Bertz CT molecular complexity index is 2130. The Morgan fingerprint density at radius 3 is 1.55 bits per heavy atom. The number of ketones is 3. The number of Topliss-reactive ketones (excluding diaryl/α,β-unsaturated/α-hetero) is 2. The summed E-state index contributed by atoms with van der Waals surface area (Å²) >= 11 is 0. The van der Waals surface area contributed by atoms with Gasteiger partial charge in [-0.25, -0.2) is 0 Å². The first-order valence-corrected chi connectivity index (χ1v) is 13.7. The van der Waals surface area contributed by atoms with Gasteiger partial charge in [0.1, 0.15) is 5.71 Å². The van der Waals surface area contributed by atoms with E-state index < -0.39 is 11.6 Å². The highest BCUT2D eigenvalue weighted by Gasteiger charge is 2.21. The number of carbonyl (C=O) groups excluding carboxylic acids is 3. The summed E-state index contributed by atoms with van der Waals surface area (Å²) in [5, 5.41) is 26.6. The van der Waals surface area contributed by atoms with Crippen LogP contribution in [0.3, 0.4) is 0 Å². The molecule has 0 amide bonds. The van der Waals surface area contributed by atoms with E-state index in [1.165, 1.54) is 6.92 Å². The summed E-state index contributed by atoms with van der Waals surface area (Å²) in [6.45, 7) is 1.42. The maximum Gasteiger partial charge on any atom is 0.215 e. The molecule has 1 aromatic heterocycles. The Labute approximate surface area is 251 Å². The Balaban J connectivity index is 1.51. The van der Waals surface area contributed by atoms with Crippen molar-refractivity contribution >= 4 is 50.6 Å². The molecule has 1 heterocycles. The fourth-order valence-electron chi connectivity index (χ4n) is 5.32. The van der Waals surface area contributed by atoms with E-state index in [4.69, 9.17) is 0 Å². The molecule has 0 saturated heterocycles. The molecular formula is C36H25N3O5. The Kier molecular flexibility index (Phi) is 7.39. The second-order valence-electron chi connectivity index (χ2n) is 10.2. The molecule has 0 bridgehead atoms. The molecule has 0 aliphatic carbocycles. The van der Waals surface area contributed by atoms with Gasteiger partial charge in [0.15, 0.2) is 11.5 Å². The van der Waals surface area contributed by atoms with Crippen LogP contribution in [0.5, 0.6) is 0 Å². The van der Waals surface area contributed by atoms with Gasteiger partial charge in [-0.15, -0.1) is 0 Å². The van der Waals surface area contributed by atoms with Crippen LogP contribution in [0, 0.1) is 0 Å². The van der Waals surface area contributed by atoms with Crippen molar-refractivity contribution in [2.45, 2.75) is 6.92 Å². The fraction of sp³-hybridized carbons (Fsp3) is 0.0278. The predicted octanol–water partition coefficient (Wildman–Crippen LogP) is 7.11.